The van der Waals surface area contributed by atoms with Gasteiger partial charge in [-0.05, 0) is 6.42 Å². The lowest BCUT2D eigenvalue weighted by atomic mass is 10.1. The third kappa shape index (κ3) is 4.25. The molecule has 1 atom stereocenters. The monoisotopic (exact) mass is 149 g/mol. The standard InChI is InChI=1S/C5H11NO4/c6-3(5(9)10)1-2-4(7)8/h3,5,9-10H,1-2,6H2,(H,7,8)/t3-/m1/s1. The second-order valence-corrected chi connectivity index (χ2v) is 2.01. The fraction of sp³-hybridized carbons (Fsp3) is 0.800. The van der Waals surface area contributed by atoms with Gasteiger partial charge in [-0.2, -0.15) is 0 Å². The highest BCUT2D eigenvalue weighted by Gasteiger charge is 2.11. The number of carboxylic acid groups (broad SMARTS) is 1. The van der Waals surface area contributed by atoms with E-state index in [4.69, 9.17) is 21.1 Å². The maximum atomic E-state index is 9.91. The molecule has 0 bridgehead atoms. The van der Waals surface area contributed by atoms with Crippen molar-refractivity contribution in [3.8, 4) is 0 Å². The van der Waals surface area contributed by atoms with E-state index in [-0.39, 0.29) is 12.8 Å². The first-order chi connectivity index (χ1) is 4.54. The molecule has 0 aliphatic heterocycles. The van der Waals surface area contributed by atoms with Crippen molar-refractivity contribution >= 4 is 5.97 Å². The first-order valence-electron chi connectivity index (χ1n) is 2.87. The molecule has 0 fully saturated rings. The molecule has 0 aromatic carbocycles. The highest BCUT2D eigenvalue weighted by atomic mass is 16.5. The van der Waals surface area contributed by atoms with E-state index >= 15 is 0 Å². The number of aliphatic carboxylic acids is 1. The zero-order valence-corrected chi connectivity index (χ0v) is 5.40. The number of aliphatic hydroxyl groups excluding tert-OH is 1. The predicted molar refractivity (Wildman–Crippen MR) is 33.1 cm³/mol. The molecule has 60 valence electrons. The van der Waals surface area contributed by atoms with Crippen LogP contribution in [0.1, 0.15) is 12.8 Å². The van der Waals surface area contributed by atoms with E-state index in [0.717, 1.165) is 0 Å². The van der Waals surface area contributed by atoms with E-state index in [2.05, 4.69) is 0 Å². The third-order valence-corrected chi connectivity index (χ3v) is 1.07. The fourth-order valence-corrected chi connectivity index (χ4v) is 0.439. The van der Waals surface area contributed by atoms with Gasteiger partial charge in [-0.15, -0.1) is 0 Å². The van der Waals surface area contributed by atoms with Crippen LogP contribution < -0.4 is 5.73 Å². The summed E-state index contributed by atoms with van der Waals surface area (Å²) in [5, 5.41) is 24.9. The van der Waals surface area contributed by atoms with Gasteiger partial charge in [0.05, 0.1) is 6.04 Å². The summed E-state index contributed by atoms with van der Waals surface area (Å²) < 4.78 is 0. The Hall–Kier alpha value is -0.650. The van der Waals surface area contributed by atoms with Crippen LogP contribution in [0.5, 0.6) is 0 Å². The smallest absolute Gasteiger partial charge is 0.303 e. The van der Waals surface area contributed by atoms with Crippen LogP contribution in [0.15, 0.2) is 0 Å². The minimum atomic E-state index is -1.63. The first-order valence-corrected chi connectivity index (χ1v) is 2.87. The van der Waals surface area contributed by atoms with Crippen molar-refractivity contribution in [1.29, 1.82) is 0 Å². The lowest BCUT2D eigenvalue weighted by Gasteiger charge is -2.10. The van der Waals surface area contributed by atoms with Crippen LogP contribution >= 0.6 is 0 Å². The molecule has 0 saturated carbocycles. The third-order valence-electron chi connectivity index (χ3n) is 1.07. The van der Waals surface area contributed by atoms with Gasteiger partial charge < -0.3 is 21.1 Å². The van der Waals surface area contributed by atoms with Crippen LogP contribution in [0, 0.1) is 0 Å². The Morgan fingerprint density at radius 2 is 2.00 bits per heavy atom. The summed E-state index contributed by atoms with van der Waals surface area (Å²) in [5.41, 5.74) is 5.10. The van der Waals surface area contributed by atoms with Crippen LogP contribution in [-0.2, 0) is 4.79 Å². The number of nitrogens with two attached hydrogens (primary N) is 1. The Balaban J connectivity index is 3.39. The van der Waals surface area contributed by atoms with E-state index < -0.39 is 18.3 Å². The van der Waals surface area contributed by atoms with Gasteiger partial charge in [0.15, 0.2) is 6.29 Å². The summed E-state index contributed by atoms with van der Waals surface area (Å²) in [5.74, 6) is -0.990. The molecule has 0 heterocycles. The lowest BCUT2D eigenvalue weighted by Crippen LogP contribution is -2.34. The summed E-state index contributed by atoms with van der Waals surface area (Å²) in [6.07, 6.45) is -1.69. The van der Waals surface area contributed by atoms with Crippen LogP contribution in [0.2, 0.25) is 0 Å². The number of carbonyl (C=O) groups is 1. The van der Waals surface area contributed by atoms with Gasteiger partial charge in [0.1, 0.15) is 0 Å². The molecule has 0 unspecified atom stereocenters. The summed E-state index contributed by atoms with van der Waals surface area (Å²) >= 11 is 0. The number of hydrogen-bond acceptors (Lipinski definition) is 4. The molecule has 0 aromatic rings. The number of hydrogen-bond donors (Lipinski definition) is 4. The zero-order chi connectivity index (χ0) is 8.15. The van der Waals surface area contributed by atoms with Crippen molar-refractivity contribution in [1.82, 2.24) is 0 Å². The van der Waals surface area contributed by atoms with Crippen molar-refractivity contribution in [3.05, 3.63) is 0 Å². The maximum Gasteiger partial charge on any atom is 0.303 e. The molecule has 0 saturated heterocycles. The first kappa shape index (κ1) is 9.35. The van der Waals surface area contributed by atoms with Crippen LogP contribution in [-0.4, -0.2) is 33.6 Å². The predicted octanol–water partition coefficient (Wildman–Crippen LogP) is -1.51. The van der Waals surface area contributed by atoms with Gasteiger partial charge in [0.2, 0.25) is 0 Å². The molecule has 0 radical (unpaired) electrons. The van der Waals surface area contributed by atoms with E-state index in [1.807, 2.05) is 0 Å². The Bertz CT molecular complexity index is 114. The Morgan fingerprint density at radius 3 is 2.30 bits per heavy atom. The van der Waals surface area contributed by atoms with Gasteiger partial charge >= 0.3 is 5.97 Å². The highest BCUT2D eigenvalue weighted by molar-refractivity contribution is 5.66. The SMILES string of the molecule is N[C@H](CCC(=O)O)C(O)O. The molecular weight excluding hydrogens is 138 g/mol. The summed E-state index contributed by atoms with van der Waals surface area (Å²) in [6, 6.07) is -0.865. The second-order valence-electron chi connectivity index (χ2n) is 2.01. The lowest BCUT2D eigenvalue weighted by molar-refractivity contribution is -0.137. The largest absolute Gasteiger partial charge is 0.481 e. The molecule has 5 N–H and O–H groups in total. The van der Waals surface area contributed by atoms with Gasteiger partial charge in [0, 0.05) is 6.42 Å². The molecule has 5 nitrogen and oxygen atoms in total. The summed E-state index contributed by atoms with van der Waals surface area (Å²) in [7, 11) is 0. The molecule has 0 aliphatic carbocycles. The number of aliphatic hydroxyl groups is 2. The van der Waals surface area contributed by atoms with Gasteiger partial charge in [-0.1, -0.05) is 0 Å². The van der Waals surface area contributed by atoms with Crippen molar-refractivity contribution in [2.24, 2.45) is 5.73 Å². The average Bonchev–Trinajstić information content (AvgIpc) is 1.82. The molecular formula is C5H11NO4. The van der Waals surface area contributed by atoms with E-state index in [1.165, 1.54) is 0 Å². The van der Waals surface area contributed by atoms with Crippen molar-refractivity contribution in [3.63, 3.8) is 0 Å². The van der Waals surface area contributed by atoms with Gasteiger partial charge in [-0.25, -0.2) is 0 Å². The maximum absolute atomic E-state index is 9.91. The van der Waals surface area contributed by atoms with E-state index in [9.17, 15) is 4.79 Å². The zero-order valence-electron chi connectivity index (χ0n) is 5.40. The van der Waals surface area contributed by atoms with E-state index in [1.54, 1.807) is 0 Å². The Labute approximate surface area is 58.1 Å². The summed E-state index contributed by atoms with van der Waals surface area (Å²) in [4.78, 5) is 9.91. The van der Waals surface area contributed by atoms with Gasteiger partial charge in [-0.3, -0.25) is 4.79 Å². The number of carboxylic acids is 1. The Morgan fingerprint density at radius 1 is 1.50 bits per heavy atom. The highest BCUT2D eigenvalue weighted by Crippen LogP contribution is 1.96. The second kappa shape index (κ2) is 4.21. The molecule has 10 heavy (non-hydrogen) atoms. The minimum Gasteiger partial charge on any atom is -0.481 e. The fourth-order valence-electron chi connectivity index (χ4n) is 0.439. The molecule has 0 aromatic heterocycles. The molecule has 0 spiro atoms. The quantitative estimate of drug-likeness (QED) is 0.364. The average molecular weight is 149 g/mol. The molecule has 0 aliphatic rings. The van der Waals surface area contributed by atoms with Crippen molar-refractivity contribution < 1.29 is 20.1 Å². The van der Waals surface area contributed by atoms with Gasteiger partial charge in [0.25, 0.3) is 0 Å². The Kier molecular flexibility index (Phi) is 3.94. The van der Waals surface area contributed by atoms with Crippen LogP contribution in [0.25, 0.3) is 0 Å². The number of rotatable bonds is 4. The molecule has 0 amide bonds. The minimum absolute atomic E-state index is 0.0764. The van der Waals surface area contributed by atoms with Crippen molar-refractivity contribution in [2.75, 3.05) is 0 Å². The van der Waals surface area contributed by atoms with E-state index in [0.29, 0.717) is 0 Å². The van der Waals surface area contributed by atoms with Crippen molar-refractivity contribution in [2.45, 2.75) is 25.2 Å². The summed E-state index contributed by atoms with van der Waals surface area (Å²) in [6.45, 7) is 0. The van der Waals surface area contributed by atoms with Crippen LogP contribution in [0.3, 0.4) is 0 Å². The van der Waals surface area contributed by atoms with Crippen LogP contribution in [0.4, 0.5) is 0 Å². The molecule has 0 rings (SSSR count). The normalized spacial score (nSPS) is 13.6. The molecule has 5 heteroatoms. The topological polar surface area (TPSA) is 104 Å².